The van der Waals surface area contributed by atoms with Crippen molar-refractivity contribution in [2.75, 3.05) is 0 Å². The summed E-state index contributed by atoms with van der Waals surface area (Å²) in [6.07, 6.45) is 3.27. The van der Waals surface area contributed by atoms with E-state index in [0.29, 0.717) is 5.04 Å². The molecule has 1 aromatic rings. The van der Waals surface area contributed by atoms with Gasteiger partial charge in [0, 0.05) is 6.20 Å². The van der Waals surface area contributed by atoms with Crippen LogP contribution in [0.1, 0.15) is 12.6 Å². The van der Waals surface area contributed by atoms with Gasteiger partial charge in [-0.1, -0.05) is 11.1 Å². The van der Waals surface area contributed by atoms with Gasteiger partial charge in [0.25, 0.3) is 0 Å². The predicted molar refractivity (Wildman–Crippen MR) is 58.2 cm³/mol. The number of halogens is 1. The summed E-state index contributed by atoms with van der Waals surface area (Å²) in [5.41, 5.74) is 0.775. The topological polar surface area (TPSA) is 37.6 Å². The van der Waals surface area contributed by atoms with E-state index in [1.54, 1.807) is 19.3 Å². The van der Waals surface area contributed by atoms with Crippen LogP contribution in [0.3, 0.4) is 0 Å². The molecular formula is C8H8ClN3PdS. The average molecular weight is 320 g/mol. The minimum absolute atomic E-state index is 0.516. The second-order valence-corrected chi connectivity index (χ2v) is 2.71. The van der Waals surface area contributed by atoms with Crippen LogP contribution in [0.4, 0.5) is 0 Å². The molecule has 6 heteroatoms. The van der Waals surface area contributed by atoms with Crippen LogP contribution < -0.4 is 0 Å². The van der Waals surface area contributed by atoms with Gasteiger partial charge in [-0.15, -0.1) is 0 Å². The van der Waals surface area contributed by atoms with E-state index >= 15 is 0 Å². The minimum atomic E-state index is 0.516. The molecule has 0 bridgehead atoms. The Balaban J connectivity index is 0.000000791. The Morgan fingerprint density at radius 3 is 2.79 bits per heavy atom. The molecule has 78 valence electrons. The predicted octanol–water partition coefficient (Wildman–Crippen LogP) is 2.07. The number of hydrogen-bond donors (Lipinski definition) is 0. The molecular weight excluding hydrogens is 312 g/mol. The van der Waals surface area contributed by atoms with E-state index in [0.717, 1.165) is 5.69 Å². The molecule has 0 saturated heterocycles. The number of aromatic nitrogens is 1. The van der Waals surface area contributed by atoms with Crippen LogP contribution in [0.5, 0.6) is 0 Å². The van der Waals surface area contributed by atoms with Crippen LogP contribution in [0, 0.1) is 0 Å². The van der Waals surface area contributed by atoms with E-state index in [4.69, 9.17) is 12.6 Å². The van der Waals surface area contributed by atoms with Gasteiger partial charge in [0.15, 0.2) is 0 Å². The summed E-state index contributed by atoms with van der Waals surface area (Å²) in [4.78, 5) is 4.02. The summed E-state index contributed by atoms with van der Waals surface area (Å²) >= 11 is 6.93. The Kier molecular flexibility index (Phi) is 9.00. The van der Waals surface area contributed by atoms with Crippen molar-refractivity contribution < 1.29 is 18.2 Å². The van der Waals surface area contributed by atoms with Gasteiger partial charge in [-0.05, 0) is 19.1 Å². The van der Waals surface area contributed by atoms with E-state index < -0.39 is 0 Å². The standard InChI is InChI=1S/C8H9N3S.ClH.Pd/c1-7(12)11-10-6-8-4-2-3-5-9-8;;/h2-6H,1H3,(H,11,12);1H;/q;;+2/p-2/b10-6+;;. The first-order valence-corrected chi connectivity index (χ1v) is 5.97. The molecule has 0 aliphatic carbocycles. The van der Waals surface area contributed by atoms with Crippen molar-refractivity contribution in [2.24, 2.45) is 10.2 Å². The van der Waals surface area contributed by atoms with Gasteiger partial charge in [-0.3, -0.25) is 4.98 Å². The zero-order valence-electron chi connectivity index (χ0n) is 7.33. The normalized spacial score (nSPS) is 11.0. The van der Waals surface area contributed by atoms with Gasteiger partial charge < -0.3 is 12.6 Å². The summed E-state index contributed by atoms with van der Waals surface area (Å²) in [5, 5.41) is 7.93. The number of rotatable bonds is 2. The van der Waals surface area contributed by atoms with Crippen LogP contribution in [0.15, 0.2) is 34.6 Å². The summed E-state index contributed by atoms with van der Waals surface area (Å²) < 4.78 is 0. The first-order chi connectivity index (χ1) is 6.79. The molecule has 0 N–H and O–H groups in total. The molecule has 0 unspecified atom stereocenters. The van der Waals surface area contributed by atoms with Crippen LogP contribution in [0.25, 0.3) is 0 Å². The van der Waals surface area contributed by atoms with Gasteiger partial charge in [0.2, 0.25) is 0 Å². The van der Waals surface area contributed by atoms with Crippen molar-refractivity contribution in [1.29, 1.82) is 0 Å². The molecule has 0 amide bonds. The molecule has 1 aromatic heterocycles. The van der Waals surface area contributed by atoms with Crippen molar-refractivity contribution in [3.05, 3.63) is 30.1 Å². The van der Waals surface area contributed by atoms with Crippen LogP contribution in [-0.4, -0.2) is 16.2 Å². The first kappa shape index (κ1) is 13.7. The molecule has 0 radical (unpaired) electrons. The van der Waals surface area contributed by atoms with E-state index in [2.05, 4.69) is 42.9 Å². The Bertz CT molecular complexity index is 299. The van der Waals surface area contributed by atoms with Crippen molar-refractivity contribution in [1.82, 2.24) is 4.98 Å². The van der Waals surface area contributed by atoms with Crippen molar-refractivity contribution in [3.63, 3.8) is 0 Å². The van der Waals surface area contributed by atoms with Gasteiger partial charge in [-0.2, -0.15) is 10.2 Å². The molecule has 1 heterocycles. The van der Waals surface area contributed by atoms with Gasteiger partial charge in [0.05, 0.1) is 11.9 Å². The molecule has 1 rings (SSSR count). The molecule has 14 heavy (non-hydrogen) atoms. The zero-order chi connectivity index (χ0) is 10.8. The van der Waals surface area contributed by atoms with Crippen LogP contribution in [0.2, 0.25) is 0 Å². The maximum absolute atomic E-state index is 4.71. The SMILES string of the molecule is C/C([S-])=N\N=C\c1ccccn1.[Cl][Pd+]. The third-order valence-corrected chi connectivity index (χ3v) is 1.16. The second-order valence-electron chi connectivity index (χ2n) is 2.12. The van der Waals surface area contributed by atoms with Crippen molar-refractivity contribution in [3.8, 4) is 0 Å². The molecule has 0 saturated carbocycles. The fraction of sp³-hybridized carbons (Fsp3) is 0.125. The van der Waals surface area contributed by atoms with Crippen molar-refractivity contribution >= 4 is 33.4 Å². The zero-order valence-corrected chi connectivity index (χ0v) is 10.5. The van der Waals surface area contributed by atoms with E-state index in [9.17, 15) is 0 Å². The monoisotopic (exact) mass is 319 g/mol. The Morgan fingerprint density at radius 2 is 2.29 bits per heavy atom. The van der Waals surface area contributed by atoms with E-state index in [-0.39, 0.29) is 0 Å². The fourth-order valence-corrected chi connectivity index (χ4v) is 0.669. The first-order valence-electron chi connectivity index (χ1n) is 3.56. The average Bonchev–Trinajstić information content (AvgIpc) is 2.22. The molecule has 0 aliphatic heterocycles. The molecule has 3 nitrogen and oxygen atoms in total. The quantitative estimate of drug-likeness (QED) is 0.275. The number of hydrogen-bond acceptors (Lipinski definition) is 4. The molecule has 0 aromatic carbocycles. The molecule has 0 aliphatic rings. The molecule has 0 fully saturated rings. The number of nitrogens with zero attached hydrogens (tertiary/aromatic N) is 3. The van der Waals surface area contributed by atoms with Crippen LogP contribution in [-0.2, 0) is 30.8 Å². The summed E-state index contributed by atoms with van der Waals surface area (Å²) in [7, 11) is 4.49. The van der Waals surface area contributed by atoms with Gasteiger partial charge >= 0.3 is 27.7 Å². The third-order valence-electron chi connectivity index (χ3n) is 1.08. The molecule has 0 atom stereocenters. The Labute approximate surface area is 103 Å². The third kappa shape index (κ3) is 7.10. The fourth-order valence-electron chi connectivity index (χ4n) is 0.622. The van der Waals surface area contributed by atoms with Gasteiger partial charge in [0.1, 0.15) is 0 Å². The Hall–Kier alpha value is -0.338. The van der Waals surface area contributed by atoms with Gasteiger partial charge in [-0.25, -0.2) is 0 Å². The summed E-state index contributed by atoms with van der Waals surface area (Å²) in [5.74, 6) is 0. The second kappa shape index (κ2) is 9.23. The number of pyridine rings is 1. The summed E-state index contributed by atoms with van der Waals surface area (Å²) in [6.45, 7) is 1.71. The summed E-state index contributed by atoms with van der Waals surface area (Å²) in [6, 6.07) is 5.58. The van der Waals surface area contributed by atoms with E-state index in [1.807, 2.05) is 18.2 Å². The van der Waals surface area contributed by atoms with Crippen molar-refractivity contribution in [2.45, 2.75) is 6.92 Å². The molecule has 0 spiro atoms. The maximum atomic E-state index is 4.71. The van der Waals surface area contributed by atoms with Crippen LogP contribution >= 0.6 is 9.53 Å². The van der Waals surface area contributed by atoms with E-state index in [1.165, 1.54) is 0 Å². The Morgan fingerprint density at radius 1 is 1.57 bits per heavy atom.